The standard InChI is InChI=1S/C16H18N2O3/c1-15(2)12(16(15,3)4)11(19)8-5-6-9-10(7-8)18-14(21)13(20)17-9/h5-7,12H,1-4H3,(H,17,20)(H,18,21). The van der Waals surface area contributed by atoms with Crippen molar-refractivity contribution in [3.63, 3.8) is 0 Å². The normalized spacial score (nSPS) is 19.6. The molecule has 0 aliphatic heterocycles. The van der Waals surface area contributed by atoms with Gasteiger partial charge in [-0.25, -0.2) is 0 Å². The van der Waals surface area contributed by atoms with Crippen LogP contribution in [0.2, 0.25) is 0 Å². The lowest BCUT2D eigenvalue weighted by atomic mass is 10.0. The van der Waals surface area contributed by atoms with Crippen LogP contribution in [-0.4, -0.2) is 15.8 Å². The summed E-state index contributed by atoms with van der Waals surface area (Å²) in [5.41, 5.74) is 0.0979. The second kappa shape index (κ2) is 3.93. The van der Waals surface area contributed by atoms with E-state index in [1.807, 2.05) is 0 Å². The van der Waals surface area contributed by atoms with E-state index in [2.05, 4.69) is 37.7 Å². The number of fused-ring (bicyclic) bond motifs is 1. The molecule has 0 atom stereocenters. The third kappa shape index (κ3) is 1.80. The SMILES string of the molecule is CC1(C)C(C(=O)c2ccc3[nH]c(=O)c(=O)[nH]c3c2)C1(C)C. The van der Waals surface area contributed by atoms with Gasteiger partial charge in [-0.15, -0.1) is 0 Å². The van der Waals surface area contributed by atoms with Crippen LogP contribution in [0.5, 0.6) is 0 Å². The van der Waals surface area contributed by atoms with E-state index in [9.17, 15) is 14.4 Å². The quantitative estimate of drug-likeness (QED) is 0.655. The maximum absolute atomic E-state index is 12.7. The number of rotatable bonds is 2. The van der Waals surface area contributed by atoms with E-state index in [-0.39, 0.29) is 22.5 Å². The second-order valence-electron chi connectivity index (χ2n) is 6.91. The molecule has 1 fully saturated rings. The maximum Gasteiger partial charge on any atom is 0.314 e. The molecule has 0 saturated heterocycles. The highest BCUT2D eigenvalue weighted by atomic mass is 16.2. The Morgan fingerprint density at radius 1 is 0.952 bits per heavy atom. The molecule has 1 saturated carbocycles. The Labute approximate surface area is 121 Å². The zero-order valence-electron chi connectivity index (χ0n) is 12.5. The molecule has 2 N–H and O–H groups in total. The van der Waals surface area contributed by atoms with Gasteiger partial charge in [-0.1, -0.05) is 27.7 Å². The molecule has 0 bridgehead atoms. The molecule has 1 heterocycles. The van der Waals surface area contributed by atoms with Crippen molar-refractivity contribution in [1.29, 1.82) is 0 Å². The molecule has 0 radical (unpaired) electrons. The Morgan fingerprint density at radius 2 is 1.48 bits per heavy atom. The molecule has 1 aliphatic carbocycles. The fourth-order valence-electron chi connectivity index (χ4n) is 3.29. The van der Waals surface area contributed by atoms with Crippen molar-refractivity contribution in [2.75, 3.05) is 0 Å². The molecule has 3 rings (SSSR count). The predicted molar refractivity (Wildman–Crippen MR) is 80.6 cm³/mol. The molecule has 0 amide bonds. The molecule has 0 unspecified atom stereocenters. The number of ketones is 1. The molecule has 2 aromatic rings. The summed E-state index contributed by atoms with van der Waals surface area (Å²) in [5.74, 6) is 0.0517. The average molecular weight is 286 g/mol. The van der Waals surface area contributed by atoms with Crippen molar-refractivity contribution in [1.82, 2.24) is 9.97 Å². The third-order valence-electron chi connectivity index (χ3n) is 5.29. The van der Waals surface area contributed by atoms with Crippen LogP contribution < -0.4 is 11.1 Å². The van der Waals surface area contributed by atoms with Gasteiger partial charge in [0.15, 0.2) is 5.78 Å². The van der Waals surface area contributed by atoms with Gasteiger partial charge in [-0.2, -0.15) is 0 Å². The molecule has 1 aliphatic rings. The Bertz CT molecular complexity index is 857. The van der Waals surface area contributed by atoms with Crippen molar-refractivity contribution in [2.24, 2.45) is 16.7 Å². The minimum Gasteiger partial charge on any atom is -0.316 e. The van der Waals surface area contributed by atoms with Gasteiger partial charge in [0, 0.05) is 11.5 Å². The number of hydrogen-bond acceptors (Lipinski definition) is 3. The number of hydrogen-bond donors (Lipinski definition) is 2. The zero-order chi connectivity index (χ0) is 15.6. The van der Waals surface area contributed by atoms with Crippen molar-refractivity contribution < 1.29 is 4.79 Å². The summed E-state index contributed by atoms with van der Waals surface area (Å²) in [7, 11) is 0. The number of H-pyrrole nitrogens is 2. The van der Waals surface area contributed by atoms with Gasteiger partial charge < -0.3 is 9.97 Å². The zero-order valence-corrected chi connectivity index (χ0v) is 12.5. The van der Waals surface area contributed by atoms with Crippen LogP contribution >= 0.6 is 0 Å². The number of nitrogens with one attached hydrogen (secondary N) is 2. The van der Waals surface area contributed by atoms with Crippen molar-refractivity contribution in [2.45, 2.75) is 27.7 Å². The van der Waals surface area contributed by atoms with Gasteiger partial charge in [-0.3, -0.25) is 14.4 Å². The number of aromatic nitrogens is 2. The molecule has 110 valence electrons. The molecule has 5 nitrogen and oxygen atoms in total. The summed E-state index contributed by atoms with van der Waals surface area (Å²) in [4.78, 5) is 40.3. The van der Waals surface area contributed by atoms with E-state index in [0.29, 0.717) is 16.6 Å². The number of carbonyl (C=O) groups is 1. The summed E-state index contributed by atoms with van der Waals surface area (Å²) in [6, 6.07) is 4.99. The van der Waals surface area contributed by atoms with Gasteiger partial charge in [0.05, 0.1) is 11.0 Å². The lowest BCUT2D eigenvalue weighted by molar-refractivity contribution is 0.0945. The first-order valence-corrected chi connectivity index (χ1v) is 6.97. The Kier molecular flexibility index (Phi) is 2.58. The van der Waals surface area contributed by atoms with Crippen LogP contribution in [0.3, 0.4) is 0 Å². The molecule has 5 heteroatoms. The predicted octanol–water partition coefficient (Wildman–Crippen LogP) is 2.08. The minimum atomic E-state index is -0.709. The lowest BCUT2D eigenvalue weighted by Gasteiger charge is -2.04. The molecule has 1 aromatic carbocycles. The summed E-state index contributed by atoms with van der Waals surface area (Å²) in [6.45, 7) is 8.37. The number of Topliss-reactive ketones (excluding diaryl/α,β-unsaturated/α-hetero) is 1. The summed E-state index contributed by atoms with van der Waals surface area (Å²) < 4.78 is 0. The van der Waals surface area contributed by atoms with E-state index < -0.39 is 11.1 Å². The Balaban J connectivity index is 2.07. The van der Waals surface area contributed by atoms with Crippen LogP contribution in [0, 0.1) is 16.7 Å². The number of carbonyl (C=O) groups excluding carboxylic acids is 1. The molecular formula is C16H18N2O3. The largest absolute Gasteiger partial charge is 0.316 e. The van der Waals surface area contributed by atoms with Gasteiger partial charge in [-0.05, 0) is 29.0 Å². The second-order valence-corrected chi connectivity index (χ2v) is 6.91. The van der Waals surface area contributed by atoms with Gasteiger partial charge in [0.2, 0.25) is 0 Å². The summed E-state index contributed by atoms with van der Waals surface area (Å²) >= 11 is 0. The van der Waals surface area contributed by atoms with E-state index in [1.165, 1.54) is 0 Å². The van der Waals surface area contributed by atoms with Gasteiger partial charge in [0.1, 0.15) is 0 Å². The van der Waals surface area contributed by atoms with Crippen molar-refractivity contribution >= 4 is 16.8 Å². The van der Waals surface area contributed by atoms with Crippen molar-refractivity contribution in [3.8, 4) is 0 Å². The fraction of sp³-hybridized carbons (Fsp3) is 0.438. The fourth-order valence-corrected chi connectivity index (χ4v) is 3.29. The van der Waals surface area contributed by atoms with Crippen LogP contribution in [0.15, 0.2) is 27.8 Å². The smallest absolute Gasteiger partial charge is 0.314 e. The monoisotopic (exact) mass is 286 g/mol. The first-order chi connectivity index (χ1) is 9.66. The van der Waals surface area contributed by atoms with Crippen LogP contribution in [0.1, 0.15) is 38.1 Å². The van der Waals surface area contributed by atoms with Crippen molar-refractivity contribution in [3.05, 3.63) is 44.5 Å². The Hall–Kier alpha value is -2.17. The Morgan fingerprint density at radius 3 is 2.00 bits per heavy atom. The summed E-state index contributed by atoms with van der Waals surface area (Å²) in [6.07, 6.45) is 0. The molecule has 0 spiro atoms. The van der Waals surface area contributed by atoms with Crippen LogP contribution in [-0.2, 0) is 0 Å². The van der Waals surface area contributed by atoms with E-state index >= 15 is 0 Å². The lowest BCUT2D eigenvalue weighted by Crippen LogP contribution is -2.29. The maximum atomic E-state index is 12.7. The minimum absolute atomic E-state index is 0.0303. The highest BCUT2D eigenvalue weighted by Crippen LogP contribution is 2.69. The first kappa shape index (κ1) is 13.8. The highest BCUT2D eigenvalue weighted by Gasteiger charge is 2.67. The number of aromatic amines is 2. The van der Waals surface area contributed by atoms with Crippen LogP contribution in [0.25, 0.3) is 11.0 Å². The highest BCUT2D eigenvalue weighted by molar-refractivity contribution is 6.03. The van der Waals surface area contributed by atoms with Gasteiger partial charge in [0.25, 0.3) is 0 Å². The third-order valence-corrected chi connectivity index (χ3v) is 5.29. The first-order valence-electron chi connectivity index (χ1n) is 6.97. The summed E-state index contributed by atoms with van der Waals surface area (Å²) in [5, 5.41) is 0. The molecular weight excluding hydrogens is 268 g/mol. The number of benzene rings is 1. The van der Waals surface area contributed by atoms with E-state index in [1.54, 1.807) is 18.2 Å². The van der Waals surface area contributed by atoms with Crippen LogP contribution in [0.4, 0.5) is 0 Å². The van der Waals surface area contributed by atoms with Gasteiger partial charge >= 0.3 is 11.1 Å². The molecule has 1 aromatic heterocycles. The van der Waals surface area contributed by atoms with E-state index in [0.717, 1.165) is 0 Å². The van der Waals surface area contributed by atoms with E-state index in [4.69, 9.17) is 0 Å². The average Bonchev–Trinajstić information content (AvgIpc) is 2.80. The topological polar surface area (TPSA) is 82.8 Å². The molecule has 21 heavy (non-hydrogen) atoms.